The summed E-state index contributed by atoms with van der Waals surface area (Å²) in [6.07, 6.45) is 20.3. The molecule has 28 heavy (non-hydrogen) atoms. The molecule has 0 spiro atoms. The maximum atomic E-state index is 11.6. The highest BCUT2D eigenvalue weighted by Gasteiger charge is 2.04. The van der Waals surface area contributed by atoms with Crippen LogP contribution in [-0.4, -0.2) is 50.2 Å². The second kappa shape index (κ2) is 19.6. The van der Waals surface area contributed by atoms with Crippen LogP contribution in [0.5, 0.6) is 0 Å². The summed E-state index contributed by atoms with van der Waals surface area (Å²) in [6, 6.07) is 0. The Balaban J connectivity index is 3.67. The minimum absolute atomic E-state index is 0.226. The molecule has 5 heteroatoms. The van der Waals surface area contributed by atoms with E-state index in [9.17, 15) is 9.59 Å². The molecule has 0 fully saturated rings. The molecule has 0 aromatic carbocycles. The SMILES string of the molecule is CC/C=C\C/C=C\CC(=O)OCCN(C)CCOC(=O)C/C=C\C/C=C\CC. The minimum atomic E-state index is -0.226. The number of esters is 2. The fourth-order valence-corrected chi connectivity index (χ4v) is 2.09. The van der Waals surface area contributed by atoms with Gasteiger partial charge in [-0.2, -0.15) is 0 Å². The first-order chi connectivity index (χ1) is 13.6. The zero-order chi connectivity index (χ0) is 20.9. The summed E-state index contributed by atoms with van der Waals surface area (Å²) >= 11 is 0. The average Bonchev–Trinajstić information content (AvgIpc) is 2.67. The molecule has 0 heterocycles. The Hall–Kier alpha value is -2.14. The number of hydrogen-bond acceptors (Lipinski definition) is 5. The number of allylic oxidation sites excluding steroid dienone is 6. The summed E-state index contributed by atoms with van der Waals surface area (Å²) in [5.74, 6) is -0.452. The van der Waals surface area contributed by atoms with E-state index in [0.717, 1.165) is 25.7 Å². The van der Waals surface area contributed by atoms with Crippen molar-refractivity contribution >= 4 is 11.9 Å². The van der Waals surface area contributed by atoms with Gasteiger partial charge in [0.15, 0.2) is 0 Å². The maximum Gasteiger partial charge on any atom is 0.309 e. The zero-order valence-electron chi connectivity index (χ0n) is 17.8. The molecule has 0 N–H and O–H groups in total. The Bertz CT molecular complexity index is 475. The van der Waals surface area contributed by atoms with E-state index >= 15 is 0 Å². The highest BCUT2D eigenvalue weighted by molar-refractivity contribution is 5.71. The lowest BCUT2D eigenvalue weighted by Gasteiger charge is -2.16. The zero-order valence-corrected chi connectivity index (χ0v) is 17.8. The monoisotopic (exact) mass is 391 g/mol. The van der Waals surface area contributed by atoms with Gasteiger partial charge in [0.05, 0.1) is 12.8 Å². The van der Waals surface area contributed by atoms with Crippen LogP contribution in [0.3, 0.4) is 0 Å². The van der Waals surface area contributed by atoms with E-state index in [2.05, 4.69) is 38.2 Å². The Kier molecular flexibility index (Phi) is 18.1. The molecule has 0 atom stereocenters. The Morgan fingerprint density at radius 3 is 1.46 bits per heavy atom. The summed E-state index contributed by atoms with van der Waals surface area (Å²) in [5.41, 5.74) is 0. The van der Waals surface area contributed by atoms with Crippen LogP contribution in [0.25, 0.3) is 0 Å². The third-order valence-electron chi connectivity index (χ3n) is 3.72. The Morgan fingerprint density at radius 2 is 1.07 bits per heavy atom. The molecule has 0 unspecified atom stereocenters. The topological polar surface area (TPSA) is 55.8 Å². The van der Waals surface area contributed by atoms with Crippen LogP contribution in [-0.2, 0) is 19.1 Å². The van der Waals surface area contributed by atoms with Crippen LogP contribution >= 0.6 is 0 Å². The fraction of sp³-hybridized carbons (Fsp3) is 0.565. The molecule has 0 aliphatic heterocycles. The van der Waals surface area contributed by atoms with Gasteiger partial charge in [0.2, 0.25) is 0 Å². The quantitative estimate of drug-likeness (QED) is 0.284. The molecule has 0 aromatic heterocycles. The van der Waals surface area contributed by atoms with Gasteiger partial charge in [-0.1, -0.05) is 62.5 Å². The molecule has 5 nitrogen and oxygen atoms in total. The second-order valence-corrected chi connectivity index (χ2v) is 6.33. The second-order valence-electron chi connectivity index (χ2n) is 6.33. The van der Waals surface area contributed by atoms with Gasteiger partial charge >= 0.3 is 11.9 Å². The van der Waals surface area contributed by atoms with Crippen molar-refractivity contribution in [2.75, 3.05) is 33.4 Å². The van der Waals surface area contributed by atoms with Gasteiger partial charge in [0, 0.05) is 13.1 Å². The number of hydrogen-bond donors (Lipinski definition) is 0. The summed E-state index contributed by atoms with van der Waals surface area (Å²) in [7, 11) is 1.90. The van der Waals surface area contributed by atoms with Gasteiger partial charge in [-0.05, 0) is 32.7 Å². The van der Waals surface area contributed by atoms with Crippen molar-refractivity contribution in [3.05, 3.63) is 48.6 Å². The van der Waals surface area contributed by atoms with Crippen LogP contribution in [0, 0.1) is 0 Å². The summed E-state index contributed by atoms with van der Waals surface area (Å²) < 4.78 is 10.4. The van der Waals surface area contributed by atoms with Gasteiger partial charge in [-0.15, -0.1) is 0 Å². The van der Waals surface area contributed by atoms with Crippen LogP contribution in [0.1, 0.15) is 52.4 Å². The van der Waals surface area contributed by atoms with E-state index in [1.165, 1.54) is 0 Å². The third-order valence-corrected chi connectivity index (χ3v) is 3.72. The Labute approximate surface area is 170 Å². The smallest absolute Gasteiger partial charge is 0.309 e. The lowest BCUT2D eigenvalue weighted by molar-refractivity contribution is -0.143. The molecule has 0 aliphatic rings. The number of carbonyl (C=O) groups excluding carboxylic acids is 2. The van der Waals surface area contributed by atoms with Crippen LogP contribution in [0.2, 0.25) is 0 Å². The summed E-state index contributed by atoms with van der Waals surface area (Å²) in [4.78, 5) is 25.2. The van der Waals surface area contributed by atoms with E-state index in [0.29, 0.717) is 39.1 Å². The Morgan fingerprint density at radius 1 is 0.679 bits per heavy atom. The average molecular weight is 392 g/mol. The fourth-order valence-electron chi connectivity index (χ4n) is 2.09. The van der Waals surface area contributed by atoms with Crippen LogP contribution in [0.4, 0.5) is 0 Å². The third kappa shape index (κ3) is 18.6. The van der Waals surface area contributed by atoms with Crippen molar-refractivity contribution in [2.24, 2.45) is 0 Å². The summed E-state index contributed by atoms with van der Waals surface area (Å²) in [6.45, 7) is 6.06. The highest BCUT2D eigenvalue weighted by atomic mass is 16.5. The number of nitrogens with zero attached hydrogens (tertiary/aromatic N) is 1. The van der Waals surface area contributed by atoms with Crippen molar-refractivity contribution in [3.63, 3.8) is 0 Å². The molecule has 0 aliphatic carbocycles. The minimum Gasteiger partial charge on any atom is -0.464 e. The summed E-state index contributed by atoms with van der Waals surface area (Å²) in [5, 5.41) is 0. The lowest BCUT2D eigenvalue weighted by Crippen LogP contribution is -2.28. The predicted molar refractivity (Wildman–Crippen MR) is 115 cm³/mol. The van der Waals surface area contributed by atoms with Crippen molar-refractivity contribution in [3.8, 4) is 0 Å². The van der Waals surface area contributed by atoms with Gasteiger partial charge in [0.25, 0.3) is 0 Å². The van der Waals surface area contributed by atoms with Gasteiger partial charge in [-0.25, -0.2) is 0 Å². The van der Waals surface area contributed by atoms with E-state index in [4.69, 9.17) is 9.47 Å². The largest absolute Gasteiger partial charge is 0.464 e. The molecular weight excluding hydrogens is 354 g/mol. The van der Waals surface area contributed by atoms with E-state index in [1.54, 1.807) is 0 Å². The molecular formula is C23H37NO4. The maximum absolute atomic E-state index is 11.6. The first-order valence-electron chi connectivity index (χ1n) is 10.2. The molecule has 0 aromatic rings. The van der Waals surface area contributed by atoms with E-state index in [-0.39, 0.29) is 11.9 Å². The number of likely N-dealkylation sites (N-methyl/N-ethyl adjacent to an activating group) is 1. The van der Waals surface area contributed by atoms with Crippen molar-refractivity contribution < 1.29 is 19.1 Å². The standard InChI is InChI=1S/C23H37NO4/c1-4-6-8-10-12-14-16-22(25)27-20-18-24(3)19-21-28-23(26)17-15-13-11-9-7-5-2/h6-9,12-15H,4-5,10-11,16-21H2,1-3H3/b8-6-,9-7-,14-12-,15-13-. The van der Waals surface area contributed by atoms with Crippen molar-refractivity contribution in [1.82, 2.24) is 4.90 Å². The van der Waals surface area contributed by atoms with E-state index in [1.807, 2.05) is 36.3 Å². The molecule has 0 rings (SSSR count). The first kappa shape index (κ1) is 25.9. The number of rotatable bonds is 16. The number of ether oxygens (including phenoxy) is 2. The molecule has 0 saturated carbocycles. The molecule has 0 amide bonds. The van der Waals surface area contributed by atoms with E-state index < -0.39 is 0 Å². The molecule has 158 valence electrons. The predicted octanol–water partition coefficient (Wildman–Crippen LogP) is 4.61. The normalized spacial score (nSPS) is 12.1. The molecule has 0 saturated heterocycles. The lowest BCUT2D eigenvalue weighted by atomic mass is 10.3. The van der Waals surface area contributed by atoms with Crippen LogP contribution in [0.15, 0.2) is 48.6 Å². The van der Waals surface area contributed by atoms with Crippen molar-refractivity contribution in [2.45, 2.75) is 52.4 Å². The van der Waals surface area contributed by atoms with Crippen molar-refractivity contribution in [1.29, 1.82) is 0 Å². The molecule has 0 radical (unpaired) electrons. The van der Waals surface area contributed by atoms with Gasteiger partial charge < -0.3 is 9.47 Å². The number of carbonyl (C=O) groups is 2. The first-order valence-corrected chi connectivity index (χ1v) is 10.2. The molecule has 0 bridgehead atoms. The highest BCUT2D eigenvalue weighted by Crippen LogP contribution is 1.96. The van der Waals surface area contributed by atoms with Crippen LogP contribution < -0.4 is 0 Å². The van der Waals surface area contributed by atoms with Gasteiger partial charge in [0.1, 0.15) is 13.2 Å². The van der Waals surface area contributed by atoms with Gasteiger partial charge in [-0.3, -0.25) is 14.5 Å².